The predicted molar refractivity (Wildman–Crippen MR) is 57.6 cm³/mol. The lowest BCUT2D eigenvalue weighted by atomic mass is 10.3. The summed E-state index contributed by atoms with van der Waals surface area (Å²) in [6.07, 6.45) is 1.56. The van der Waals surface area contributed by atoms with Gasteiger partial charge in [0.25, 0.3) is 0 Å². The van der Waals surface area contributed by atoms with Crippen LogP contribution in [0, 0.1) is 0 Å². The van der Waals surface area contributed by atoms with Gasteiger partial charge in [-0.1, -0.05) is 13.2 Å². The minimum Gasteiger partial charge on any atom is -0.397 e. The number of aromatic nitrogens is 2. The highest BCUT2D eigenvalue weighted by molar-refractivity contribution is 5.70. The molecule has 0 fully saturated rings. The van der Waals surface area contributed by atoms with E-state index in [2.05, 4.69) is 28.9 Å². The molecule has 6 nitrogen and oxygen atoms in total. The molecule has 0 aromatic carbocycles. The number of imidazole rings is 1. The molecule has 0 atom stereocenters. The Hall–Kier alpha value is -1.95. The zero-order valence-corrected chi connectivity index (χ0v) is 8.04. The second-order valence-corrected chi connectivity index (χ2v) is 2.68. The van der Waals surface area contributed by atoms with Gasteiger partial charge in [0.05, 0.1) is 5.70 Å². The molecule has 0 radical (unpaired) electrons. The number of hydrogen-bond acceptors (Lipinski definition) is 5. The fraction of sp³-hybridized carbons (Fsp3) is 0.125. The Morgan fingerprint density at radius 2 is 2.21 bits per heavy atom. The van der Waals surface area contributed by atoms with E-state index in [1.807, 2.05) is 0 Å². The molecule has 1 aromatic rings. The molecule has 0 aliphatic heterocycles. The summed E-state index contributed by atoms with van der Waals surface area (Å²) in [7, 11) is 1.75. The molecule has 0 unspecified atom stereocenters. The van der Waals surface area contributed by atoms with Crippen molar-refractivity contribution >= 4 is 17.3 Å². The Balaban J connectivity index is 3.20. The first-order valence-electron chi connectivity index (χ1n) is 3.97. The number of nitrogens with zero attached hydrogens (tertiary/aromatic N) is 2. The van der Waals surface area contributed by atoms with E-state index in [-0.39, 0.29) is 0 Å². The lowest BCUT2D eigenvalue weighted by Crippen LogP contribution is -2.23. The van der Waals surface area contributed by atoms with Crippen LogP contribution in [0.2, 0.25) is 0 Å². The summed E-state index contributed by atoms with van der Waals surface area (Å²) < 4.78 is 1.65. The van der Waals surface area contributed by atoms with Gasteiger partial charge in [-0.05, 0) is 0 Å². The van der Waals surface area contributed by atoms with Crippen LogP contribution in [0.3, 0.4) is 0 Å². The van der Waals surface area contributed by atoms with Crippen molar-refractivity contribution in [2.45, 2.75) is 0 Å². The molecule has 0 bridgehead atoms. The van der Waals surface area contributed by atoms with Crippen molar-refractivity contribution in [2.75, 3.05) is 12.4 Å². The van der Waals surface area contributed by atoms with Gasteiger partial charge >= 0.3 is 0 Å². The van der Waals surface area contributed by atoms with Gasteiger partial charge in [0.1, 0.15) is 23.7 Å². The van der Waals surface area contributed by atoms with Gasteiger partial charge in [-0.15, -0.1) is 0 Å². The van der Waals surface area contributed by atoms with Crippen molar-refractivity contribution in [3.8, 4) is 0 Å². The first-order chi connectivity index (χ1) is 6.61. The highest BCUT2D eigenvalue weighted by Gasteiger charge is 2.11. The molecule has 1 heterocycles. The molecule has 1 rings (SSSR count). The fourth-order valence-electron chi connectivity index (χ4n) is 1.10. The quantitative estimate of drug-likeness (QED) is 0.391. The molecule has 0 spiro atoms. The first-order valence-corrected chi connectivity index (χ1v) is 3.97. The predicted octanol–water partition coefficient (Wildman–Crippen LogP) is -0.254. The number of anilines is 1. The van der Waals surface area contributed by atoms with Gasteiger partial charge in [0.2, 0.25) is 0 Å². The monoisotopic (exact) mass is 194 g/mol. The molecule has 0 amide bonds. The first kappa shape index (κ1) is 10.1. The highest BCUT2D eigenvalue weighted by Crippen LogP contribution is 2.19. The summed E-state index contributed by atoms with van der Waals surface area (Å²) in [5.74, 6) is 6.42. The standard InChI is InChI=1S/C8H14N6/c1-5(9)7-8(11-3)14(4-12-7)6(2)13-10/h4,11,13H,1-2,9-10H2,3H3. The van der Waals surface area contributed by atoms with E-state index in [9.17, 15) is 0 Å². The van der Waals surface area contributed by atoms with E-state index in [0.717, 1.165) is 0 Å². The van der Waals surface area contributed by atoms with Gasteiger partial charge < -0.3 is 16.5 Å². The smallest absolute Gasteiger partial charge is 0.141 e. The van der Waals surface area contributed by atoms with Crippen molar-refractivity contribution < 1.29 is 0 Å². The number of hydrazine groups is 1. The van der Waals surface area contributed by atoms with Gasteiger partial charge in [-0.25, -0.2) is 10.8 Å². The molecule has 0 saturated carbocycles. The fourth-order valence-corrected chi connectivity index (χ4v) is 1.10. The van der Waals surface area contributed by atoms with E-state index < -0.39 is 0 Å². The van der Waals surface area contributed by atoms with Gasteiger partial charge in [0, 0.05) is 7.05 Å². The number of nitrogens with two attached hydrogens (primary N) is 2. The Morgan fingerprint density at radius 1 is 1.57 bits per heavy atom. The second-order valence-electron chi connectivity index (χ2n) is 2.68. The van der Waals surface area contributed by atoms with Gasteiger partial charge in [0.15, 0.2) is 0 Å². The van der Waals surface area contributed by atoms with Gasteiger partial charge in [-0.3, -0.25) is 4.57 Å². The lowest BCUT2D eigenvalue weighted by Gasteiger charge is -2.10. The van der Waals surface area contributed by atoms with Crippen LogP contribution < -0.4 is 22.3 Å². The van der Waals surface area contributed by atoms with E-state index in [1.54, 1.807) is 17.9 Å². The molecule has 1 aromatic heterocycles. The second kappa shape index (κ2) is 3.84. The summed E-state index contributed by atoms with van der Waals surface area (Å²) in [6, 6.07) is 0. The topological polar surface area (TPSA) is 93.9 Å². The molecule has 6 N–H and O–H groups in total. The van der Waals surface area contributed by atoms with Crippen LogP contribution in [0.25, 0.3) is 11.5 Å². The summed E-state index contributed by atoms with van der Waals surface area (Å²) in [5.41, 5.74) is 8.95. The molecule has 0 aliphatic rings. The maximum atomic E-state index is 5.55. The van der Waals surface area contributed by atoms with Crippen molar-refractivity contribution in [1.29, 1.82) is 0 Å². The average Bonchev–Trinajstić information content (AvgIpc) is 2.59. The zero-order chi connectivity index (χ0) is 10.7. The van der Waals surface area contributed by atoms with Crippen LogP contribution in [-0.2, 0) is 0 Å². The van der Waals surface area contributed by atoms with E-state index in [0.29, 0.717) is 23.0 Å². The molecule has 0 saturated heterocycles. The van der Waals surface area contributed by atoms with Crippen LogP contribution in [0.5, 0.6) is 0 Å². The molecular weight excluding hydrogens is 180 g/mol. The maximum absolute atomic E-state index is 5.55. The van der Waals surface area contributed by atoms with E-state index in [4.69, 9.17) is 11.6 Å². The average molecular weight is 194 g/mol. The van der Waals surface area contributed by atoms with Crippen LogP contribution >= 0.6 is 0 Å². The number of hydrogen-bond donors (Lipinski definition) is 4. The molecular formula is C8H14N6. The number of rotatable bonds is 4. The lowest BCUT2D eigenvalue weighted by molar-refractivity contribution is 0.891. The van der Waals surface area contributed by atoms with Crippen molar-refractivity contribution in [2.24, 2.45) is 11.6 Å². The maximum Gasteiger partial charge on any atom is 0.141 e. The third kappa shape index (κ3) is 1.55. The van der Waals surface area contributed by atoms with Crippen molar-refractivity contribution in [3.63, 3.8) is 0 Å². The summed E-state index contributed by atoms with van der Waals surface area (Å²) in [4.78, 5) is 4.08. The normalized spacial score (nSPS) is 9.57. The van der Waals surface area contributed by atoms with E-state index >= 15 is 0 Å². The van der Waals surface area contributed by atoms with Crippen molar-refractivity contribution in [1.82, 2.24) is 15.0 Å². The van der Waals surface area contributed by atoms with Crippen LogP contribution in [-0.4, -0.2) is 16.6 Å². The molecule has 14 heavy (non-hydrogen) atoms. The molecule has 6 heteroatoms. The van der Waals surface area contributed by atoms with Crippen LogP contribution in [0.4, 0.5) is 5.82 Å². The molecule has 0 aliphatic carbocycles. The summed E-state index contributed by atoms with van der Waals surface area (Å²) >= 11 is 0. The zero-order valence-electron chi connectivity index (χ0n) is 8.04. The third-order valence-electron chi connectivity index (χ3n) is 1.77. The van der Waals surface area contributed by atoms with Crippen LogP contribution in [0.15, 0.2) is 19.5 Å². The minimum atomic E-state index is 0.387. The SMILES string of the molecule is C=C(N)c1ncn(C(=C)NN)c1NC. The third-order valence-corrected chi connectivity index (χ3v) is 1.77. The number of nitrogens with one attached hydrogen (secondary N) is 2. The Morgan fingerprint density at radius 3 is 2.64 bits per heavy atom. The summed E-state index contributed by atoms with van der Waals surface area (Å²) in [5, 5.41) is 2.94. The van der Waals surface area contributed by atoms with Crippen LogP contribution in [0.1, 0.15) is 5.69 Å². The largest absolute Gasteiger partial charge is 0.397 e. The van der Waals surface area contributed by atoms with Gasteiger partial charge in [-0.2, -0.15) is 0 Å². The highest BCUT2D eigenvalue weighted by atomic mass is 15.3. The Kier molecular flexibility index (Phi) is 2.78. The minimum absolute atomic E-state index is 0.387. The van der Waals surface area contributed by atoms with E-state index in [1.165, 1.54) is 0 Å². The molecule has 76 valence electrons. The Bertz CT molecular complexity index is 364. The summed E-state index contributed by atoms with van der Waals surface area (Å²) in [6.45, 7) is 7.31. The Labute approximate surface area is 82.3 Å². The van der Waals surface area contributed by atoms with Crippen molar-refractivity contribution in [3.05, 3.63) is 25.2 Å².